The number of carbonyl (C=O) groups excluding carboxylic acids is 1. The van der Waals surface area contributed by atoms with Crippen LogP contribution >= 0.6 is 0 Å². The second-order valence-electron chi connectivity index (χ2n) is 12.7. The lowest BCUT2D eigenvalue weighted by molar-refractivity contribution is -0.203. The van der Waals surface area contributed by atoms with Crippen molar-refractivity contribution in [3.05, 3.63) is 89.5 Å². The number of nitrogens with one attached hydrogen (secondary N) is 1. The van der Waals surface area contributed by atoms with Gasteiger partial charge in [-0.2, -0.15) is 0 Å². The summed E-state index contributed by atoms with van der Waals surface area (Å²) in [6, 6.07) is 14.0. The van der Waals surface area contributed by atoms with Crippen LogP contribution in [0.2, 0.25) is 0 Å². The Bertz CT molecular complexity index is 1460. The maximum absolute atomic E-state index is 13.3. The smallest absolute Gasteiger partial charge is 0.244 e. The minimum absolute atomic E-state index is 0.139. The standard InChI is InChI=1S/C34H36N2O4/c1-39-34-16-15-32(20-26(34)35-28(38)10-6-5-9-22-7-3-2-4-8-22)27-19-24-13-14-25(37)30-29(24)33(32,31(34)40-30)17-18-36(27)21-23-11-12-23/h2-10,13-16,23,26-27,31,37H,11-12,17-21H2,1H3,(H,35,38)/b9-5+,10-6+/t26?,27-,31?,32+,33-,34?/m0/s1. The highest BCUT2D eigenvalue weighted by Gasteiger charge is 2.79. The number of piperidine rings is 1. The molecule has 3 unspecified atom stereocenters. The molecule has 0 aromatic heterocycles. The summed E-state index contributed by atoms with van der Waals surface area (Å²) in [7, 11) is 1.73. The number of amides is 1. The number of likely N-dealkylation sites (tertiary alicyclic amines) is 1. The molecule has 2 N–H and O–H groups in total. The molecule has 1 amide bonds. The van der Waals surface area contributed by atoms with Gasteiger partial charge in [0.1, 0.15) is 11.7 Å². The van der Waals surface area contributed by atoms with Crippen LogP contribution in [0.25, 0.3) is 6.08 Å². The summed E-state index contributed by atoms with van der Waals surface area (Å²) < 4.78 is 13.2. The number of aromatic hydroxyl groups is 1. The largest absolute Gasteiger partial charge is 0.504 e. The van der Waals surface area contributed by atoms with E-state index in [0.29, 0.717) is 11.8 Å². The molecule has 2 saturated carbocycles. The molecule has 5 aliphatic carbocycles. The summed E-state index contributed by atoms with van der Waals surface area (Å²) >= 11 is 0. The lowest BCUT2D eigenvalue weighted by atomic mass is 9.38. The molecule has 2 aromatic carbocycles. The highest BCUT2D eigenvalue weighted by atomic mass is 16.6. The van der Waals surface area contributed by atoms with E-state index in [4.69, 9.17) is 9.47 Å². The molecule has 2 heterocycles. The highest BCUT2D eigenvalue weighted by Crippen LogP contribution is 2.73. The van der Waals surface area contributed by atoms with Crippen LogP contribution in [0.1, 0.15) is 42.4 Å². The fraction of sp³-hybridized carbons (Fsp3) is 0.441. The molecular formula is C34H36N2O4. The van der Waals surface area contributed by atoms with Crippen molar-refractivity contribution in [2.45, 2.75) is 61.3 Å². The van der Waals surface area contributed by atoms with Crippen molar-refractivity contribution in [3.8, 4) is 11.5 Å². The molecule has 206 valence electrons. The zero-order valence-corrected chi connectivity index (χ0v) is 22.9. The Balaban J connectivity index is 1.16. The van der Waals surface area contributed by atoms with Gasteiger partial charge in [0, 0.05) is 36.8 Å². The summed E-state index contributed by atoms with van der Waals surface area (Å²) in [4.78, 5) is 16.0. The number of hydrogen-bond acceptors (Lipinski definition) is 5. The number of carbonyl (C=O) groups is 1. The normalized spacial score (nSPS) is 36.7. The number of fused-ring (bicyclic) bond motifs is 1. The number of hydrogen-bond donors (Lipinski definition) is 2. The van der Waals surface area contributed by atoms with Crippen LogP contribution in [-0.4, -0.2) is 59.9 Å². The first-order valence-electron chi connectivity index (χ1n) is 14.7. The summed E-state index contributed by atoms with van der Waals surface area (Å²) in [5, 5.41) is 14.3. The van der Waals surface area contributed by atoms with Gasteiger partial charge in [-0.05, 0) is 61.8 Å². The monoisotopic (exact) mass is 536 g/mol. The molecule has 1 saturated heterocycles. The summed E-state index contributed by atoms with van der Waals surface area (Å²) in [5.74, 6) is 1.50. The first-order valence-corrected chi connectivity index (χ1v) is 14.7. The van der Waals surface area contributed by atoms with Crippen molar-refractivity contribution >= 4 is 12.0 Å². The van der Waals surface area contributed by atoms with Crippen molar-refractivity contribution in [2.75, 3.05) is 20.2 Å². The number of rotatable bonds is 7. The van der Waals surface area contributed by atoms with E-state index in [-0.39, 0.29) is 34.6 Å². The van der Waals surface area contributed by atoms with Gasteiger partial charge in [0.05, 0.1) is 11.5 Å². The maximum Gasteiger partial charge on any atom is 0.244 e. The molecule has 6 heteroatoms. The first-order chi connectivity index (χ1) is 19.5. The number of allylic oxidation sites excluding steroid dienone is 2. The lowest BCUT2D eigenvalue weighted by Crippen LogP contribution is -2.82. The third-order valence-corrected chi connectivity index (χ3v) is 10.9. The van der Waals surface area contributed by atoms with Crippen molar-refractivity contribution < 1.29 is 19.4 Å². The molecule has 3 fully saturated rings. The van der Waals surface area contributed by atoms with E-state index in [0.717, 1.165) is 43.8 Å². The molecule has 7 aliphatic rings. The Kier molecular flexibility index (Phi) is 5.24. The molecule has 4 bridgehead atoms. The topological polar surface area (TPSA) is 71.0 Å². The summed E-state index contributed by atoms with van der Waals surface area (Å²) in [6.45, 7) is 2.17. The van der Waals surface area contributed by atoms with Crippen molar-refractivity contribution in [2.24, 2.45) is 11.3 Å². The lowest BCUT2D eigenvalue weighted by Gasteiger charge is -2.71. The van der Waals surface area contributed by atoms with E-state index < -0.39 is 5.60 Å². The summed E-state index contributed by atoms with van der Waals surface area (Å²) in [5.41, 5.74) is 2.28. The number of ether oxygens (including phenoxy) is 2. The minimum Gasteiger partial charge on any atom is -0.504 e. The average Bonchev–Trinajstić information content (AvgIpc) is 3.71. The van der Waals surface area contributed by atoms with Gasteiger partial charge in [0.2, 0.25) is 5.91 Å². The highest BCUT2D eigenvalue weighted by molar-refractivity contribution is 5.88. The van der Waals surface area contributed by atoms with Crippen LogP contribution in [0.3, 0.4) is 0 Å². The number of phenolic OH excluding ortho intramolecular Hbond substituents is 1. The average molecular weight is 537 g/mol. The Labute approximate surface area is 235 Å². The molecule has 6 atom stereocenters. The molecule has 2 spiro atoms. The fourth-order valence-electron chi connectivity index (χ4n) is 9.04. The third-order valence-electron chi connectivity index (χ3n) is 10.9. The van der Waals surface area contributed by atoms with Crippen LogP contribution < -0.4 is 10.1 Å². The third kappa shape index (κ3) is 3.15. The molecular weight excluding hydrogens is 500 g/mol. The Morgan fingerprint density at radius 1 is 1.18 bits per heavy atom. The quantitative estimate of drug-likeness (QED) is 0.309. The number of nitrogens with zero attached hydrogens (tertiary/aromatic N) is 1. The maximum atomic E-state index is 13.3. The Hall–Kier alpha value is -3.35. The Morgan fingerprint density at radius 3 is 2.83 bits per heavy atom. The van der Waals surface area contributed by atoms with Crippen molar-refractivity contribution in [1.82, 2.24) is 10.2 Å². The second kappa shape index (κ2) is 8.58. The SMILES string of the molecule is COC12C=C[C@@]3(CC1NC(=O)/C=C/C=C/c1ccccc1)[C@@H]1Cc4ccc(O)c5c4[C@@]3(CCN1CC1CC1)C2O5. The molecule has 6 nitrogen and oxygen atoms in total. The van der Waals surface area contributed by atoms with E-state index in [2.05, 4.69) is 28.4 Å². The van der Waals surface area contributed by atoms with Gasteiger partial charge in [0.25, 0.3) is 0 Å². The van der Waals surface area contributed by atoms with Crippen LogP contribution in [0, 0.1) is 11.3 Å². The van der Waals surface area contributed by atoms with Gasteiger partial charge in [-0.25, -0.2) is 0 Å². The number of benzene rings is 2. The van der Waals surface area contributed by atoms with E-state index >= 15 is 0 Å². The zero-order valence-electron chi connectivity index (χ0n) is 22.9. The molecule has 2 aliphatic heterocycles. The van der Waals surface area contributed by atoms with E-state index in [1.54, 1.807) is 25.3 Å². The van der Waals surface area contributed by atoms with E-state index in [1.165, 1.54) is 24.0 Å². The van der Waals surface area contributed by atoms with Crippen LogP contribution in [0.5, 0.6) is 11.5 Å². The fourth-order valence-corrected chi connectivity index (χ4v) is 9.04. The minimum atomic E-state index is -0.825. The molecule has 0 radical (unpaired) electrons. The number of methoxy groups -OCH3 is 1. The van der Waals surface area contributed by atoms with Gasteiger partial charge in [0.15, 0.2) is 11.5 Å². The predicted molar refractivity (Wildman–Crippen MR) is 153 cm³/mol. The summed E-state index contributed by atoms with van der Waals surface area (Å²) in [6.07, 6.45) is 16.9. The van der Waals surface area contributed by atoms with Crippen LogP contribution in [-0.2, 0) is 21.4 Å². The van der Waals surface area contributed by atoms with Crippen molar-refractivity contribution in [1.29, 1.82) is 0 Å². The zero-order chi connectivity index (χ0) is 27.1. The van der Waals surface area contributed by atoms with Gasteiger partial charge in [-0.3, -0.25) is 9.69 Å². The predicted octanol–water partition coefficient (Wildman–Crippen LogP) is 4.53. The van der Waals surface area contributed by atoms with Gasteiger partial charge in [-0.1, -0.05) is 66.8 Å². The van der Waals surface area contributed by atoms with Gasteiger partial charge in [-0.15, -0.1) is 0 Å². The molecule has 9 rings (SSSR count). The van der Waals surface area contributed by atoms with Crippen molar-refractivity contribution in [3.63, 3.8) is 0 Å². The van der Waals surface area contributed by atoms with Crippen LogP contribution in [0.15, 0.2) is 72.8 Å². The molecule has 2 aromatic rings. The van der Waals surface area contributed by atoms with E-state index in [1.807, 2.05) is 42.5 Å². The van der Waals surface area contributed by atoms with E-state index in [9.17, 15) is 9.90 Å². The molecule has 40 heavy (non-hydrogen) atoms. The second-order valence-corrected chi connectivity index (χ2v) is 12.7. The van der Waals surface area contributed by atoms with Gasteiger partial charge >= 0.3 is 0 Å². The number of phenols is 1. The van der Waals surface area contributed by atoms with Crippen LogP contribution in [0.4, 0.5) is 0 Å². The van der Waals surface area contributed by atoms with Gasteiger partial charge < -0.3 is 19.9 Å². The first kappa shape index (κ1) is 24.4. The Morgan fingerprint density at radius 2 is 2.02 bits per heavy atom.